The van der Waals surface area contributed by atoms with Crippen molar-refractivity contribution in [2.45, 2.75) is 13.3 Å². The van der Waals surface area contributed by atoms with E-state index in [0.29, 0.717) is 24.2 Å². The van der Waals surface area contributed by atoms with Crippen molar-refractivity contribution in [2.24, 2.45) is 5.92 Å². The number of ether oxygens (including phenoxy) is 1. The lowest BCUT2D eigenvalue weighted by Crippen LogP contribution is -2.00. The van der Waals surface area contributed by atoms with Crippen LogP contribution in [-0.2, 0) is 14.3 Å². The van der Waals surface area contributed by atoms with Gasteiger partial charge in [0.15, 0.2) is 0 Å². The van der Waals surface area contributed by atoms with Crippen LogP contribution in [0, 0.1) is 5.92 Å². The Kier molecular flexibility index (Phi) is 3.01. The molecule has 0 saturated carbocycles. The molecule has 70 valence electrons. The van der Waals surface area contributed by atoms with Crippen LogP contribution in [0.3, 0.4) is 0 Å². The fourth-order valence-electron chi connectivity index (χ4n) is 1.12. The molecule has 0 aromatic heterocycles. The second-order valence-electron chi connectivity index (χ2n) is 3.12. The van der Waals surface area contributed by atoms with Crippen LogP contribution in [0.1, 0.15) is 13.3 Å². The number of hydrogen-bond acceptors (Lipinski definition) is 3. The highest BCUT2D eigenvalue weighted by Crippen LogP contribution is 2.23. The summed E-state index contributed by atoms with van der Waals surface area (Å²) >= 11 is 0. The van der Waals surface area contributed by atoms with E-state index in [0.717, 1.165) is 6.29 Å². The van der Waals surface area contributed by atoms with Gasteiger partial charge >= 0.3 is 5.97 Å². The molecule has 0 radical (unpaired) electrons. The molecule has 0 N–H and O–H groups in total. The first-order chi connectivity index (χ1) is 6.15. The fourth-order valence-corrected chi connectivity index (χ4v) is 1.12. The Morgan fingerprint density at radius 3 is 2.92 bits per heavy atom. The number of allylic oxidation sites excluding steroid dienone is 2. The third kappa shape index (κ3) is 2.28. The zero-order valence-electron chi connectivity index (χ0n) is 7.58. The van der Waals surface area contributed by atoms with Crippen molar-refractivity contribution in [3.05, 3.63) is 23.8 Å². The summed E-state index contributed by atoms with van der Waals surface area (Å²) in [5.74, 6) is -0.274. The Morgan fingerprint density at radius 2 is 2.46 bits per heavy atom. The van der Waals surface area contributed by atoms with E-state index in [9.17, 15) is 9.59 Å². The van der Waals surface area contributed by atoms with Crippen LogP contribution < -0.4 is 0 Å². The molecule has 0 aromatic rings. The zero-order valence-corrected chi connectivity index (χ0v) is 7.58. The monoisotopic (exact) mass is 180 g/mol. The van der Waals surface area contributed by atoms with Crippen molar-refractivity contribution < 1.29 is 14.3 Å². The van der Waals surface area contributed by atoms with E-state index in [4.69, 9.17) is 4.74 Å². The van der Waals surface area contributed by atoms with Crippen LogP contribution in [0.4, 0.5) is 0 Å². The summed E-state index contributed by atoms with van der Waals surface area (Å²) in [6.45, 7) is 5.75. The van der Waals surface area contributed by atoms with Gasteiger partial charge in [-0.15, -0.1) is 0 Å². The lowest BCUT2D eigenvalue weighted by atomic mass is 9.99. The summed E-state index contributed by atoms with van der Waals surface area (Å²) in [6, 6.07) is 0. The summed E-state index contributed by atoms with van der Waals surface area (Å²) in [5.41, 5.74) is 1.18. The smallest absolute Gasteiger partial charge is 0.333 e. The molecule has 1 heterocycles. The molecule has 1 aliphatic heterocycles. The summed E-state index contributed by atoms with van der Waals surface area (Å²) in [5, 5.41) is 0. The molecular weight excluding hydrogens is 168 g/mol. The fraction of sp³-hybridized carbons (Fsp3) is 0.400. The Labute approximate surface area is 77.1 Å². The van der Waals surface area contributed by atoms with Gasteiger partial charge in [0.05, 0.1) is 6.61 Å². The molecule has 1 fully saturated rings. The van der Waals surface area contributed by atoms with Gasteiger partial charge in [-0.1, -0.05) is 12.7 Å². The molecule has 0 aliphatic carbocycles. The Hall–Kier alpha value is -1.38. The molecule has 3 nitrogen and oxygen atoms in total. The van der Waals surface area contributed by atoms with Crippen molar-refractivity contribution >= 4 is 12.3 Å². The Bertz CT molecular complexity index is 276. The summed E-state index contributed by atoms with van der Waals surface area (Å²) in [7, 11) is 0. The van der Waals surface area contributed by atoms with Crippen LogP contribution in [0.25, 0.3) is 0 Å². The van der Waals surface area contributed by atoms with Gasteiger partial charge in [0.1, 0.15) is 6.29 Å². The number of rotatable bonds is 3. The maximum atomic E-state index is 10.9. The Balaban J connectivity index is 2.52. The average molecular weight is 180 g/mol. The molecule has 0 amide bonds. The van der Waals surface area contributed by atoms with Gasteiger partial charge in [-0.05, 0) is 18.9 Å². The molecule has 0 aromatic carbocycles. The molecule has 1 aliphatic rings. The minimum absolute atomic E-state index is 0.0439. The maximum absolute atomic E-state index is 10.9. The van der Waals surface area contributed by atoms with Crippen LogP contribution >= 0.6 is 0 Å². The third-order valence-corrected chi connectivity index (χ3v) is 2.08. The second-order valence-corrected chi connectivity index (χ2v) is 3.12. The molecule has 0 bridgehead atoms. The predicted molar refractivity (Wildman–Crippen MR) is 48.0 cm³/mol. The summed E-state index contributed by atoms with van der Waals surface area (Å²) < 4.78 is 4.79. The van der Waals surface area contributed by atoms with Crippen LogP contribution in [0.2, 0.25) is 0 Å². The van der Waals surface area contributed by atoms with E-state index < -0.39 is 0 Å². The van der Waals surface area contributed by atoms with Crippen molar-refractivity contribution in [2.75, 3.05) is 6.61 Å². The highest BCUT2D eigenvalue weighted by molar-refractivity contribution is 5.90. The Morgan fingerprint density at radius 1 is 1.77 bits per heavy atom. The van der Waals surface area contributed by atoms with Crippen LogP contribution in [-0.4, -0.2) is 18.9 Å². The van der Waals surface area contributed by atoms with E-state index in [1.807, 2.05) is 0 Å². The van der Waals surface area contributed by atoms with Crippen molar-refractivity contribution in [3.8, 4) is 0 Å². The molecule has 13 heavy (non-hydrogen) atoms. The molecular formula is C10H12O3. The van der Waals surface area contributed by atoms with Gasteiger partial charge in [0.2, 0.25) is 0 Å². The maximum Gasteiger partial charge on any atom is 0.333 e. The topological polar surface area (TPSA) is 43.4 Å². The molecule has 0 unspecified atom stereocenters. The van der Waals surface area contributed by atoms with E-state index in [2.05, 4.69) is 6.58 Å². The van der Waals surface area contributed by atoms with Gasteiger partial charge < -0.3 is 4.74 Å². The minimum atomic E-state index is -0.317. The van der Waals surface area contributed by atoms with Gasteiger partial charge in [0, 0.05) is 11.5 Å². The SMILES string of the molecule is C=C1C(=O)OC[C@@H]1C/C=C(\C)C=O. The van der Waals surface area contributed by atoms with Gasteiger partial charge in [-0.3, -0.25) is 4.79 Å². The number of carbonyl (C=O) groups excluding carboxylic acids is 2. The number of aldehydes is 1. The van der Waals surface area contributed by atoms with Crippen molar-refractivity contribution in [1.82, 2.24) is 0 Å². The van der Waals surface area contributed by atoms with Crippen molar-refractivity contribution in [3.63, 3.8) is 0 Å². The third-order valence-electron chi connectivity index (χ3n) is 2.08. The van der Waals surface area contributed by atoms with Gasteiger partial charge in [0.25, 0.3) is 0 Å². The highest BCUT2D eigenvalue weighted by Gasteiger charge is 2.27. The first-order valence-corrected chi connectivity index (χ1v) is 4.13. The highest BCUT2D eigenvalue weighted by atomic mass is 16.5. The minimum Gasteiger partial charge on any atom is -0.462 e. The van der Waals surface area contributed by atoms with E-state index in [1.165, 1.54) is 0 Å². The van der Waals surface area contributed by atoms with Crippen LogP contribution in [0.15, 0.2) is 23.8 Å². The van der Waals surface area contributed by atoms with E-state index in [1.54, 1.807) is 13.0 Å². The molecule has 3 heteroatoms. The lowest BCUT2D eigenvalue weighted by Gasteiger charge is -2.01. The van der Waals surface area contributed by atoms with E-state index in [-0.39, 0.29) is 11.9 Å². The zero-order chi connectivity index (χ0) is 9.84. The first kappa shape index (κ1) is 9.71. The summed E-state index contributed by atoms with van der Waals surface area (Å²) in [4.78, 5) is 21.2. The molecule has 1 saturated heterocycles. The predicted octanol–water partition coefficient (Wildman–Crippen LogP) is 1.25. The standard InChI is InChI=1S/C10H12O3/c1-7(5-11)3-4-9-6-13-10(12)8(9)2/h3,5,9H,2,4,6H2,1H3/b7-3+/t9-/m0/s1. The molecule has 1 rings (SSSR count). The lowest BCUT2D eigenvalue weighted by molar-refractivity contribution is -0.135. The molecule has 1 atom stereocenters. The van der Waals surface area contributed by atoms with Gasteiger partial charge in [-0.25, -0.2) is 4.79 Å². The first-order valence-electron chi connectivity index (χ1n) is 4.13. The largest absolute Gasteiger partial charge is 0.462 e. The second kappa shape index (κ2) is 4.03. The van der Waals surface area contributed by atoms with E-state index >= 15 is 0 Å². The number of esters is 1. The van der Waals surface area contributed by atoms with Crippen molar-refractivity contribution in [1.29, 1.82) is 0 Å². The van der Waals surface area contributed by atoms with Crippen LogP contribution in [0.5, 0.6) is 0 Å². The molecule has 0 spiro atoms. The number of hydrogen-bond donors (Lipinski definition) is 0. The number of cyclic esters (lactones) is 1. The summed E-state index contributed by atoms with van der Waals surface area (Å²) in [6.07, 6.45) is 3.24. The normalized spacial score (nSPS) is 23.2. The van der Waals surface area contributed by atoms with Gasteiger partial charge in [-0.2, -0.15) is 0 Å². The quantitative estimate of drug-likeness (QED) is 0.373. The average Bonchev–Trinajstić information content (AvgIpc) is 2.44. The number of carbonyl (C=O) groups is 2.